The van der Waals surface area contributed by atoms with Crippen LogP contribution in [0.3, 0.4) is 0 Å². The van der Waals surface area contributed by atoms with Gasteiger partial charge in [-0.25, -0.2) is 14.8 Å². The Labute approximate surface area is 165 Å². The van der Waals surface area contributed by atoms with E-state index < -0.39 is 6.09 Å². The van der Waals surface area contributed by atoms with Crippen LogP contribution in [0.15, 0.2) is 36.4 Å². The second-order valence-corrected chi connectivity index (χ2v) is 6.94. The fraction of sp³-hybridized carbons (Fsp3) is 0.318. The molecule has 0 bridgehead atoms. The zero-order valence-corrected chi connectivity index (χ0v) is 16.8. The number of anilines is 2. The summed E-state index contributed by atoms with van der Waals surface area (Å²) in [4.78, 5) is 22.4. The number of nitrogens with one attached hydrogen (secondary N) is 1. The van der Waals surface area contributed by atoms with Crippen LogP contribution in [0.25, 0.3) is 22.2 Å². The molecule has 0 atom stereocenters. The Morgan fingerprint density at radius 1 is 1.14 bits per heavy atom. The lowest BCUT2D eigenvalue weighted by atomic mass is 10.0. The molecule has 0 spiro atoms. The Morgan fingerprint density at radius 3 is 2.57 bits per heavy atom. The Bertz CT molecular complexity index is 1020. The van der Waals surface area contributed by atoms with E-state index in [1.165, 1.54) is 16.0 Å². The molecule has 6 heteroatoms. The van der Waals surface area contributed by atoms with E-state index in [1.54, 1.807) is 7.05 Å². The van der Waals surface area contributed by atoms with Crippen molar-refractivity contribution in [3.05, 3.63) is 47.5 Å². The minimum Gasteiger partial charge on any atom is -0.465 e. The Hall–Kier alpha value is -3.15. The average Bonchev–Trinajstić information content (AvgIpc) is 2.68. The van der Waals surface area contributed by atoms with Crippen molar-refractivity contribution in [3.63, 3.8) is 0 Å². The number of aromatic nitrogens is 2. The van der Waals surface area contributed by atoms with Crippen LogP contribution < -0.4 is 10.2 Å². The number of benzene rings is 2. The van der Waals surface area contributed by atoms with Gasteiger partial charge in [0, 0.05) is 30.2 Å². The summed E-state index contributed by atoms with van der Waals surface area (Å²) in [7, 11) is 1.79. The van der Waals surface area contributed by atoms with Gasteiger partial charge in [0.2, 0.25) is 5.95 Å². The van der Waals surface area contributed by atoms with E-state index in [1.807, 2.05) is 31.2 Å². The predicted molar refractivity (Wildman–Crippen MR) is 114 cm³/mol. The summed E-state index contributed by atoms with van der Waals surface area (Å²) in [5.74, 6) is 0.539. The molecule has 0 saturated heterocycles. The van der Waals surface area contributed by atoms with Gasteiger partial charge in [0.1, 0.15) is 0 Å². The van der Waals surface area contributed by atoms with Crippen LogP contribution in [0.5, 0.6) is 0 Å². The predicted octanol–water partition coefficient (Wildman–Crippen LogP) is 5.24. The standard InChI is InChI=1S/C22H26N4O2/c1-5-6-10-26(22(27)28)17-9-7-8-16(13-17)20-18-11-14(2)15(3)12-19(18)24-21(23-4)25-20/h7-9,11-13H,5-6,10H2,1-4H3,(H,27,28)(H,23,24,25). The number of carboxylic acid groups (broad SMARTS) is 1. The number of carbonyl (C=O) groups is 1. The fourth-order valence-corrected chi connectivity index (χ4v) is 3.19. The van der Waals surface area contributed by atoms with Gasteiger partial charge in [0.15, 0.2) is 0 Å². The molecule has 3 rings (SSSR count). The largest absolute Gasteiger partial charge is 0.465 e. The number of hydrogen-bond donors (Lipinski definition) is 2. The molecule has 146 valence electrons. The summed E-state index contributed by atoms with van der Waals surface area (Å²) in [5, 5.41) is 13.6. The molecule has 2 N–H and O–H groups in total. The monoisotopic (exact) mass is 378 g/mol. The first-order valence-electron chi connectivity index (χ1n) is 9.52. The van der Waals surface area contributed by atoms with E-state index in [2.05, 4.69) is 41.3 Å². The summed E-state index contributed by atoms with van der Waals surface area (Å²) in [6.45, 7) is 6.65. The second-order valence-electron chi connectivity index (χ2n) is 6.94. The summed E-state index contributed by atoms with van der Waals surface area (Å²) < 4.78 is 0. The minimum absolute atomic E-state index is 0.472. The molecule has 0 radical (unpaired) electrons. The van der Waals surface area contributed by atoms with Crippen molar-refractivity contribution in [1.29, 1.82) is 0 Å². The summed E-state index contributed by atoms with van der Waals surface area (Å²) >= 11 is 0. The van der Waals surface area contributed by atoms with Crippen LogP contribution in [0.4, 0.5) is 16.4 Å². The molecule has 1 heterocycles. The van der Waals surface area contributed by atoms with Crippen LogP contribution in [0, 0.1) is 13.8 Å². The molecule has 0 aliphatic rings. The summed E-state index contributed by atoms with van der Waals surface area (Å²) in [5.41, 5.74) is 5.52. The number of unbranched alkanes of at least 4 members (excludes halogenated alkanes) is 1. The Balaban J connectivity index is 2.17. The van der Waals surface area contributed by atoms with Gasteiger partial charge in [0.25, 0.3) is 0 Å². The highest BCUT2D eigenvalue weighted by Crippen LogP contribution is 2.31. The topological polar surface area (TPSA) is 78.4 Å². The molecule has 1 aromatic heterocycles. The van der Waals surface area contributed by atoms with Crippen LogP contribution in [-0.2, 0) is 0 Å². The van der Waals surface area contributed by atoms with Gasteiger partial charge in [0.05, 0.1) is 11.2 Å². The van der Waals surface area contributed by atoms with Crippen molar-refractivity contribution >= 4 is 28.6 Å². The minimum atomic E-state index is -0.944. The lowest BCUT2D eigenvalue weighted by Gasteiger charge is -2.20. The van der Waals surface area contributed by atoms with Crippen LogP contribution in [0.1, 0.15) is 30.9 Å². The molecule has 2 aromatic carbocycles. The van der Waals surface area contributed by atoms with E-state index in [4.69, 9.17) is 0 Å². The third kappa shape index (κ3) is 3.91. The number of aryl methyl sites for hydroxylation is 2. The molecule has 0 unspecified atom stereocenters. The maximum absolute atomic E-state index is 11.7. The highest BCUT2D eigenvalue weighted by Gasteiger charge is 2.16. The van der Waals surface area contributed by atoms with Crippen molar-refractivity contribution < 1.29 is 9.90 Å². The van der Waals surface area contributed by atoms with Gasteiger partial charge in [-0.15, -0.1) is 0 Å². The average molecular weight is 378 g/mol. The molecular weight excluding hydrogens is 352 g/mol. The highest BCUT2D eigenvalue weighted by molar-refractivity contribution is 5.95. The third-order valence-electron chi connectivity index (χ3n) is 4.93. The van der Waals surface area contributed by atoms with E-state index in [9.17, 15) is 9.90 Å². The number of fused-ring (bicyclic) bond motifs is 1. The van der Waals surface area contributed by atoms with Crippen molar-refractivity contribution in [2.45, 2.75) is 33.6 Å². The molecule has 0 aliphatic heterocycles. The van der Waals surface area contributed by atoms with Gasteiger partial charge in [-0.1, -0.05) is 25.5 Å². The molecule has 28 heavy (non-hydrogen) atoms. The zero-order valence-electron chi connectivity index (χ0n) is 16.8. The zero-order chi connectivity index (χ0) is 20.3. The van der Waals surface area contributed by atoms with Crippen LogP contribution >= 0.6 is 0 Å². The number of hydrogen-bond acceptors (Lipinski definition) is 4. The van der Waals surface area contributed by atoms with E-state index in [0.29, 0.717) is 18.2 Å². The number of rotatable bonds is 6. The van der Waals surface area contributed by atoms with Gasteiger partial charge in [-0.05, 0) is 55.7 Å². The Morgan fingerprint density at radius 2 is 1.89 bits per heavy atom. The van der Waals surface area contributed by atoms with Gasteiger partial charge >= 0.3 is 6.09 Å². The van der Waals surface area contributed by atoms with E-state index in [-0.39, 0.29) is 0 Å². The van der Waals surface area contributed by atoms with Crippen molar-refractivity contribution in [1.82, 2.24) is 9.97 Å². The summed E-state index contributed by atoms with van der Waals surface area (Å²) in [6.07, 6.45) is 0.806. The van der Waals surface area contributed by atoms with Crippen molar-refractivity contribution in [2.75, 3.05) is 23.8 Å². The maximum atomic E-state index is 11.7. The van der Waals surface area contributed by atoms with Gasteiger partial charge in [-0.3, -0.25) is 4.90 Å². The molecule has 3 aromatic rings. The smallest absolute Gasteiger partial charge is 0.411 e. The molecular formula is C22H26N4O2. The molecule has 6 nitrogen and oxygen atoms in total. The van der Waals surface area contributed by atoms with E-state index >= 15 is 0 Å². The lowest BCUT2D eigenvalue weighted by Crippen LogP contribution is -2.30. The molecule has 0 saturated carbocycles. The number of amides is 1. The number of nitrogens with zero attached hydrogens (tertiary/aromatic N) is 3. The van der Waals surface area contributed by atoms with Gasteiger partial charge < -0.3 is 10.4 Å². The molecule has 0 fully saturated rings. The maximum Gasteiger partial charge on any atom is 0.411 e. The van der Waals surface area contributed by atoms with Crippen molar-refractivity contribution in [2.24, 2.45) is 0 Å². The normalized spacial score (nSPS) is 10.9. The Kier molecular flexibility index (Phi) is 5.78. The van der Waals surface area contributed by atoms with Gasteiger partial charge in [-0.2, -0.15) is 0 Å². The first-order valence-corrected chi connectivity index (χ1v) is 9.52. The third-order valence-corrected chi connectivity index (χ3v) is 4.93. The van der Waals surface area contributed by atoms with E-state index in [0.717, 1.165) is 35.0 Å². The van der Waals surface area contributed by atoms with Crippen LogP contribution in [-0.4, -0.2) is 34.8 Å². The van der Waals surface area contributed by atoms with Crippen molar-refractivity contribution in [3.8, 4) is 11.3 Å². The summed E-state index contributed by atoms with van der Waals surface area (Å²) in [6, 6.07) is 11.7. The SMILES string of the molecule is CCCCN(C(=O)O)c1cccc(-c2nc(NC)nc3cc(C)c(C)cc23)c1. The first-order chi connectivity index (χ1) is 13.4. The quantitative estimate of drug-likeness (QED) is 0.613. The molecule has 1 amide bonds. The van der Waals surface area contributed by atoms with Crippen LogP contribution in [0.2, 0.25) is 0 Å². The first kappa shape index (κ1) is 19.6. The highest BCUT2D eigenvalue weighted by atomic mass is 16.4. The lowest BCUT2D eigenvalue weighted by molar-refractivity contribution is 0.201. The second kappa shape index (κ2) is 8.25. The fourth-order valence-electron chi connectivity index (χ4n) is 3.19. The molecule has 0 aliphatic carbocycles.